The molecule has 0 saturated heterocycles. The molecule has 1 aromatic heterocycles. The fourth-order valence-corrected chi connectivity index (χ4v) is 3.51. The second-order valence-corrected chi connectivity index (χ2v) is 7.04. The first-order chi connectivity index (χ1) is 9.30. The van der Waals surface area contributed by atoms with Crippen LogP contribution in [-0.2, 0) is 16.6 Å². The maximum atomic E-state index is 12.7. The Bertz CT molecular complexity index is 534. The van der Waals surface area contributed by atoms with Crippen LogP contribution in [0, 0.1) is 0 Å². The summed E-state index contributed by atoms with van der Waals surface area (Å²) in [5.74, 6) is 0. The van der Waals surface area contributed by atoms with E-state index in [-0.39, 0.29) is 23.7 Å². The summed E-state index contributed by atoms with van der Waals surface area (Å²) < 4.78 is 26.7. The highest BCUT2D eigenvalue weighted by molar-refractivity contribution is 7.89. The minimum Gasteiger partial charge on any atom is -0.310 e. The first-order valence-corrected chi connectivity index (χ1v) is 8.13. The number of H-pyrrole nitrogens is 1. The van der Waals surface area contributed by atoms with Gasteiger partial charge in [0.05, 0.1) is 6.20 Å². The lowest BCUT2D eigenvalue weighted by Crippen LogP contribution is -2.38. The molecule has 0 amide bonds. The van der Waals surface area contributed by atoms with Gasteiger partial charge in [0.25, 0.3) is 10.0 Å². The van der Waals surface area contributed by atoms with E-state index >= 15 is 0 Å². The van der Waals surface area contributed by atoms with Gasteiger partial charge < -0.3 is 5.32 Å². The van der Waals surface area contributed by atoms with Crippen LogP contribution in [0.25, 0.3) is 0 Å². The molecule has 1 heterocycles. The van der Waals surface area contributed by atoms with Crippen LogP contribution in [0.3, 0.4) is 0 Å². The van der Waals surface area contributed by atoms with Gasteiger partial charge in [0.2, 0.25) is 0 Å². The van der Waals surface area contributed by atoms with Crippen molar-refractivity contribution in [2.24, 2.45) is 0 Å². The number of hydrogen-bond acceptors (Lipinski definition) is 4. The highest BCUT2D eigenvalue weighted by Crippen LogP contribution is 2.19. The Morgan fingerprint density at radius 2 is 2.10 bits per heavy atom. The molecule has 1 aromatic rings. The zero-order valence-corrected chi connectivity index (χ0v) is 13.4. The van der Waals surface area contributed by atoms with Crippen molar-refractivity contribution in [3.8, 4) is 0 Å². The van der Waals surface area contributed by atoms with Crippen LogP contribution >= 0.6 is 0 Å². The molecule has 0 radical (unpaired) electrons. The SMILES string of the molecule is C=CCN(C(C)C)S(=O)(=O)c1[nH]ncc1CNC(C)C. The molecule has 1 rings (SSSR count). The average Bonchev–Trinajstić information content (AvgIpc) is 2.81. The van der Waals surface area contributed by atoms with Crippen LogP contribution in [0.5, 0.6) is 0 Å². The fraction of sp³-hybridized carbons (Fsp3) is 0.615. The Kier molecular flexibility index (Phi) is 5.91. The van der Waals surface area contributed by atoms with Crippen molar-refractivity contribution in [1.29, 1.82) is 0 Å². The molecular formula is C13H24N4O2S. The fourth-order valence-electron chi connectivity index (χ4n) is 1.79. The number of rotatable bonds is 8. The number of aromatic nitrogens is 2. The van der Waals surface area contributed by atoms with Crippen molar-refractivity contribution in [1.82, 2.24) is 19.8 Å². The molecule has 0 atom stereocenters. The average molecular weight is 300 g/mol. The molecule has 0 unspecified atom stereocenters. The molecule has 2 N–H and O–H groups in total. The summed E-state index contributed by atoms with van der Waals surface area (Å²) in [6.45, 7) is 12.0. The number of sulfonamides is 1. The molecule has 20 heavy (non-hydrogen) atoms. The van der Waals surface area contributed by atoms with E-state index in [4.69, 9.17) is 0 Å². The van der Waals surface area contributed by atoms with Crippen LogP contribution in [0.1, 0.15) is 33.3 Å². The van der Waals surface area contributed by atoms with Gasteiger partial charge in [-0.2, -0.15) is 9.40 Å². The summed E-state index contributed by atoms with van der Waals surface area (Å²) >= 11 is 0. The lowest BCUT2D eigenvalue weighted by molar-refractivity contribution is 0.380. The number of nitrogens with one attached hydrogen (secondary N) is 2. The molecule has 0 aliphatic heterocycles. The number of aromatic amines is 1. The standard InChI is InChI=1S/C13H24N4O2S/c1-6-7-17(11(4)5)20(18,19)13-12(9-15-16-13)8-14-10(2)3/h6,9-11,14H,1,7-8H2,2-5H3,(H,15,16). The molecule has 0 bridgehead atoms. The van der Waals surface area contributed by atoms with Crippen molar-refractivity contribution in [2.75, 3.05) is 6.54 Å². The highest BCUT2D eigenvalue weighted by atomic mass is 32.2. The summed E-state index contributed by atoms with van der Waals surface area (Å²) in [6, 6.07) is 0.127. The van der Waals surface area contributed by atoms with E-state index in [0.29, 0.717) is 12.1 Å². The molecule has 0 aliphatic rings. The minimum atomic E-state index is -3.59. The normalized spacial score (nSPS) is 12.6. The van der Waals surface area contributed by atoms with Gasteiger partial charge in [0.15, 0.2) is 5.03 Å². The Morgan fingerprint density at radius 1 is 1.45 bits per heavy atom. The van der Waals surface area contributed by atoms with Crippen LogP contribution < -0.4 is 5.32 Å². The molecular weight excluding hydrogens is 276 g/mol. The van der Waals surface area contributed by atoms with Crippen LogP contribution in [-0.4, -0.2) is 41.5 Å². The van der Waals surface area contributed by atoms with E-state index in [9.17, 15) is 8.42 Å². The van der Waals surface area contributed by atoms with E-state index in [2.05, 4.69) is 22.1 Å². The van der Waals surface area contributed by atoms with E-state index in [0.717, 1.165) is 0 Å². The Morgan fingerprint density at radius 3 is 2.60 bits per heavy atom. The number of nitrogens with zero attached hydrogens (tertiary/aromatic N) is 2. The summed E-state index contributed by atoms with van der Waals surface area (Å²) in [5.41, 5.74) is 0.647. The van der Waals surface area contributed by atoms with Crippen molar-refractivity contribution in [3.05, 3.63) is 24.4 Å². The molecule has 114 valence electrons. The first-order valence-electron chi connectivity index (χ1n) is 6.69. The van der Waals surface area contributed by atoms with E-state index in [1.807, 2.05) is 27.7 Å². The largest absolute Gasteiger partial charge is 0.310 e. The Labute approximate surface area is 121 Å². The quantitative estimate of drug-likeness (QED) is 0.713. The third-order valence-corrected chi connectivity index (χ3v) is 4.89. The molecule has 0 saturated carbocycles. The van der Waals surface area contributed by atoms with E-state index < -0.39 is 10.0 Å². The zero-order chi connectivity index (χ0) is 15.3. The van der Waals surface area contributed by atoms with Crippen molar-refractivity contribution in [2.45, 2.75) is 51.3 Å². The Hall–Kier alpha value is -1.18. The van der Waals surface area contributed by atoms with Gasteiger partial charge in [-0.1, -0.05) is 19.9 Å². The second-order valence-electron chi connectivity index (χ2n) is 5.22. The molecule has 0 aromatic carbocycles. The molecule has 6 nitrogen and oxygen atoms in total. The monoisotopic (exact) mass is 300 g/mol. The maximum Gasteiger partial charge on any atom is 0.260 e. The zero-order valence-electron chi connectivity index (χ0n) is 12.5. The van der Waals surface area contributed by atoms with E-state index in [1.54, 1.807) is 12.3 Å². The summed E-state index contributed by atoms with van der Waals surface area (Å²) in [6.07, 6.45) is 3.13. The van der Waals surface area contributed by atoms with Crippen molar-refractivity contribution < 1.29 is 8.42 Å². The summed E-state index contributed by atoms with van der Waals surface area (Å²) in [5, 5.41) is 9.83. The van der Waals surface area contributed by atoms with Gasteiger partial charge in [-0.25, -0.2) is 8.42 Å². The van der Waals surface area contributed by atoms with Crippen LogP contribution in [0.2, 0.25) is 0 Å². The lowest BCUT2D eigenvalue weighted by atomic mass is 10.3. The van der Waals surface area contributed by atoms with Gasteiger partial charge >= 0.3 is 0 Å². The molecule has 0 fully saturated rings. The van der Waals surface area contributed by atoms with Gasteiger partial charge in [-0.3, -0.25) is 5.10 Å². The predicted octanol–water partition coefficient (Wildman–Crippen LogP) is 1.49. The minimum absolute atomic E-state index is 0.146. The van der Waals surface area contributed by atoms with Crippen LogP contribution in [0.4, 0.5) is 0 Å². The van der Waals surface area contributed by atoms with Crippen LogP contribution in [0.15, 0.2) is 23.9 Å². The highest BCUT2D eigenvalue weighted by Gasteiger charge is 2.29. The second kappa shape index (κ2) is 7.01. The molecule has 7 heteroatoms. The predicted molar refractivity (Wildman–Crippen MR) is 79.8 cm³/mol. The lowest BCUT2D eigenvalue weighted by Gasteiger charge is -2.24. The maximum absolute atomic E-state index is 12.7. The topological polar surface area (TPSA) is 78.1 Å². The van der Waals surface area contributed by atoms with Gasteiger partial charge in [-0.05, 0) is 13.8 Å². The van der Waals surface area contributed by atoms with Crippen molar-refractivity contribution >= 4 is 10.0 Å². The summed E-state index contributed by atoms with van der Waals surface area (Å²) in [7, 11) is -3.59. The molecule has 0 aliphatic carbocycles. The van der Waals surface area contributed by atoms with E-state index in [1.165, 1.54) is 4.31 Å². The Balaban J connectivity index is 3.08. The third-order valence-electron chi connectivity index (χ3n) is 2.83. The third kappa shape index (κ3) is 3.91. The smallest absolute Gasteiger partial charge is 0.260 e. The first kappa shape index (κ1) is 16.9. The van der Waals surface area contributed by atoms with Crippen molar-refractivity contribution in [3.63, 3.8) is 0 Å². The van der Waals surface area contributed by atoms with Gasteiger partial charge in [-0.15, -0.1) is 6.58 Å². The summed E-state index contributed by atoms with van der Waals surface area (Å²) in [4.78, 5) is 0. The van der Waals surface area contributed by atoms with Gasteiger partial charge in [0, 0.05) is 30.7 Å². The van der Waals surface area contributed by atoms with Gasteiger partial charge in [0.1, 0.15) is 0 Å². The number of hydrogen-bond donors (Lipinski definition) is 2. The molecule has 0 spiro atoms.